The van der Waals surface area contributed by atoms with Crippen molar-refractivity contribution < 1.29 is 14.4 Å². The Morgan fingerprint density at radius 3 is 2.57 bits per heavy atom. The maximum absolute atomic E-state index is 13.1. The minimum absolute atomic E-state index is 0.157. The monoisotopic (exact) mass is 389 g/mol. The van der Waals surface area contributed by atoms with E-state index in [1.165, 1.54) is 28.5 Å². The molecule has 0 unspecified atom stereocenters. The molecule has 2 aliphatic rings. The van der Waals surface area contributed by atoms with Crippen molar-refractivity contribution in [3.05, 3.63) is 17.5 Å². The van der Waals surface area contributed by atoms with Gasteiger partial charge < -0.3 is 15.5 Å². The topological polar surface area (TPSA) is 96.3 Å². The highest BCUT2D eigenvalue weighted by Gasteiger charge is 2.46. The maximum Gasteiger partial charge on any atom is 0.272 e. The van der Waals surface area contributed by atoms with Crippen molar-refractivity contribution in [1.82, 2.24) is 25.3 Å². The van der Waals surface area contributed by atoms with E-state index in [9.17, 15) is 14.4 Å². The van der Waals surface area contributed by atoms with E-state index in [4.69, 9.17) is 0 Å². The number of amides is 3. The summed E-state index contributed by atoms with van der Waals surface area (Å²) in [4.78, 5) is 39.7. The molecule has 2 heterocycles. The Kier molecular flexibility index (Phi) is 6.05. The first kappa shape index (κ1) is 20.4. The Morgan fingerprint density at radius 1 is 1.25 bits per heavy atom. The third-order valence-electron chi connectivity index (χ3n) is 5.95. The van der Waals surface area contributed by atoms with Gasteiger partial charge in [0.05, 0.1) is 6.54 Å². The van der Waals surface area contributed by atoms with Crippen LogP contribution in [0.25, 0.3) is 0 Å². The van der Waals surface area contributed by atoms with Crippen molar-refractivity contribution in [2.45, 2.75) is 76.9 Å². The van der Waals surface area contributed by atoms with E-state index in [-0.39, 0.29) is 36.0 Å². The minimum Gasteiger partial charge on any atom is -0.351 e. The van der Waals surface area contributed by atoms with Gasteiger partial charge >= 0.3 is 0 Å². The number of nitrogens with one attached hydrogen (secondary N) is 2. The summed E-state index contributed by atoms with van der Waals surface area (Å²) in [6.45, 7) is 4.51. The summed E-state index contributed by atoms with van der Waals surface area (Å²) in [7, 11) is 1.64. The third kappa shape index (κ3) is 3.91. The largest absolute Gasteiger partial charge is 0.351 e. The van der Waals surface area contributed by atoms with E-state index in [0.717, 1.165) is 32.1 Å². The summed E-state index contributed by atoms with van der Waals surface area (Å²) >= 11 is 0. The standard InChI is InChI=1S/C20H31N5O3/c1-4-11-21-17(26)15-12-16-18(27)24(3)20(2,13-25(16)23-15)19(28)22-14-9-7-5-6-8-10-14/h12,14H,4-11,13H2,1-3H3,(H,21,26)(H,22,28)/t20-/m0/s1. The van der Waals surface area contributed by atoms with Crippen LogP contribution in [-0.4, -0.2) is 57.6 Å². The van der Waals surface area contributed by atoms with Gasteiger partial charge in [-0.15, -0.1) is 0 Å². The zero-order chi connectivity index (χ0) is 20.3. The smallest absolute Gasteiger partial charge is 0.272 e. The summed E-state index contributed by atoms with van der Waals surface area (Å²) in [6.07, 6.45) is 7.44. The van der Waals surface area contributed by atoms with Crippen LogP contribution >= 0.6 is 0 Å². The fourth-order valence-electron chi connectivity index (χ4n) is 3.93. The van der Waals surface area contributed by atoms with Crippen molar-refractivity contribution in [3.8, 4) is 0 Å². The molecular formula is C20H31N5O3. The second kappa shape index (κ2) is 8.32. The van der Waals surface area contributed by atoms with Gasteiger partial charge in [-0.25, -0.2) is 0 Å². The van der Waals surface area contributed by atoms with Crippen LogP contribution in [-0.2, 0) is 11.3 Å². The van der Waals surface area contributed by atoms with Gasteiger partial charge in [0.2, 0.25) is 5.91 Å². The first-order valence-corrected chi connectivity index (χ1v) is 10.3. The van der Waals surface area contributed by atoms with Crippen LogP contribution in [0.15, 0.2) is 6.07 Å². The normalized spacial score (nSPS) is 23.1. The summed E-state index contributed by atoms with van der Waals surface area (Å²) in [5.41, 5.74) is -0.498. The lowest BCUT2D eigenvalue weighted by atomic mass is 9.95. The molecule has 28 heavy (non-hydrogen) atoms. The molecule has 1 aliphatic carbocycles. The molecule has 1 aromatic heterocycles. The predicted molar refractivity (Wildman–Crippen MR) is 105 cm³/mol. The number of hydrogen-bond acceptors (Lipinski definition) is 4. The second-order valence-electron chi connectivity index (χ2n) is 8.13. The fourth-order valence-corrected chi connectivity index (χ4v) is 3.93. The number of carbonyl (C=O) groups excluding carboxylic acids is 3. The molecule has 8 heteroatoms. The molecule has 2 N–H and O–H groups in total. The van der Waals surface area contributed by atoms with Gasteiger partial charge in [0.25, 0.3) is 11.8 Å². The van der Waals surface area contributed by atoms with Crippen molar-refractivity contribution in [3.63, 3.8) is 0 Å². The lowest BCUT2D eigenvalue weighted by molar-refractivity contribution is -0.133. The second-order valence-corrected chi connectivity index (χ2v) is 8.13. The molecule has 0 bridgehead atoms. The first-order valence-electron chi connectivity index (χ1n) is 10.3. The maximum atomic E-state index is 13.1. The van der Waals surface area contributed by atoms with Crippen molar-refractivity contribution in [2.75, 3.05) is 13.6 Å². The van der Waals surface area contributed by atoms with Crippen molar-refractivity contribution >= 4 is 17.7 Å². The molecule has 154 valence electrons. The molecular weight excluding hydrogens is 358 g/mol. The summed E-state index contributed by atoms with van der Waals surface area (Å²) in [5.74, 6) is -0.760. The Morgan fingerprint density at radius 2 is 1.93 bits per heavy atom. The van der Waals surface area contributed by atoms with Crippen molar-refractivity contribution in [1.29, 1.82) is 0 Å². The van der Waals surface area contributed by atoms with Gasteiger partial charge in [0.15, 0.2) is 5.69 Å². The summed E-state index contributed by atoms with van der Waals surface area (Å²) in [5, 5.41) is 10.2. The van der Waals surface area contributed by atoms with Gasteiger partial charge in [-0.2, -0.15) is 5.10 Å². The van der Waals surface area contributed by atoms with Crippen LogP contribution < -0.4 is 10.6 Å². The zero-order valence-corrected chi connectivity index (χ0v) is 17.1. The van der Waals surface area contributed by atoms with Gasteiger partial charge in [0, 0.05) is 25.7 Å². The van der Waals surface area contributed by atoms with E-state index in [2.05, 4.69) is 15.7 Å². The zero-order valence-electron chi connectivity index (χ0n) is 17.1. The molecule has 0 saturated heterocycles. The van der Waals surface area contributed by atoms with Crippen LogP contribution in [0.4, 0.5) is 0 Å². The van der Waals surface area contributed by atoms with E-state index in [0.29, 0.717) is 12.2 Å². The lowest BCUT2D eigenvalue weighted by Crippen LogP contribution is -2.63. The number of rotatable bonds is 5. The molecule has 0 spiro atoms. The van der Waals surface area contributed by atoms with Crippen LogP contribution in [0.2, 0.25) is 0 Å². The molecule has 8 nitrogen and oxygen atoms in total. The molecule has 1 fully saturated rings. The SMILES string of the molecule is CCCNC(=O)c1cc2n(n1)C[C@@](C)(C(=O)NC1CCCCCC1)N(C)C2=O. The molecule has 1 saturated carbocycles. The molecule has 3 amide bonds. The van der Waals surface area contributed by atoms with E-state index < -0.39 is 5.54 Å². The molecule has 1 aliphatic heterocycles. The average molecular weight is 390 g/mol. The van der Waals surface area contributed by atoms with Gasteiger partial charge in [0.1, 0.15) is 11.2 Å². The highest BCUT2D eigenvalue weighted by atomic mass is 16.2. The van der Waals surface area contributed by atoms with Crippen LogP contribution in [0, 0.1) is 0 Å². The molecule has 1 atom stereocenters. The van der Waals surface area contributed by atoms with Gasteiger partial charge in [-0.3, -0.25) is 19.1 Å². The van der Waals surface area contributed by atoms with Gasteiger partial charge in [-0.1, -0.05) is 32.6 Å². The number of likely N-dealkylation sites (N-methyl/N-ethyl adjacent to an activating group) is 1. The quantitative estimate of drug-likeness (QED) is 0.749. The number of fused-ring (bicyclic) bond motifs is 1. The van der Waals surface area contributed by atoms with E-state index >= 15 is 0 Å². The average Bonchev–Trinajstić information content (AvgIpc) is 2.93. The molecule has 3 rings (SSSR count). The highest BCUT2D eigenvalue weighted by molar-refractivity contribution is 6.01. The van der Waals surface area contributed by atoms with Gasteiger partial charge in [-0.05, 0) is 26.2 Å². The lowest BCUT2D eigenvalue weighted by Gasteiger charge is -2.41. The predicted octanol–water partition coefficient (Wildman–Crippen LogP) is 1.71. The van der Waals surface area contributed by atoms with E-state index in [1.54, 1.807) is 14.0 Å². The fraction of sp³-hybridized carbons (Fsp3) is 0.700. The first-order chi connectivity index (χ1) is 13.4. The van der Waals surface area contributed by atoms with Crippen LogP contribution in [0.5, 0.6) is 0 Å². The Hall–Kier alpha value is -2.38. The number of aromatic nitrogens is 2. The number of hydrogen-bond donors (Lipinski definition) is 2. The Bertz CT molecular complexity index is 751. The number of carbonyl (C=O) groups is 3. The number of nitrogens with zero attached hydrogens (tertiary/aromatic N) is 3. The van der Waals surface area contributed by atoms with Crippen LogP contribution in [0.1, 0.15) is 79.8 Å². The van der Waals surface area contributed by atoms with Crippen molar-refractivity contribution in [2.24, 2.45) is 0 Å². The molecule has 0 aromatic carbocycles. The Labute approximate surface area is 166 Å². The van der Waals surface area contributed by atoms with Crippen LogP contribution in [0.3, 0.4) is 0 Å². The highest BCUT2D eigenvalue weighted by Crippen LogP contribution is 2.27. The minimum atomic E-state index is -1.04. The molecule has 1 aromatic rings. The van der Waals surface area contributed by atoms with E-state index in [1.807, 2.05) is 6.92 Å². The third-order valence-corrected chi connectivity index (χ3v) is 5.95. The molecule has 0 radical (unpaired) electrons. The summed E-state index contributed by atoms with van der Waals surface area (Å²) in [6, 6.07) is 1.66. The summed E-state index contributed by atoms with van der Waals surface area (Å²) < 4.78 is 1.50. The Balaban J connectivity index is 1.78.